The van der Waals surface area contributed by atoms with Crippen LogP contribution in [0.5, 0.6) is 5.75 Å². The SMILES string of the molecule is Cl.FC(F)C(F)(F)Oc1ccc([C@@H](c2cccs2)N2CCNCC2)cc1. The Labute approximate surface area is 159 Å². The predicted octanol–water partition coefficient (Wildman–Crippen LogP) is 4.40. The van der Waals surface area contributed by atoms with Gasteiger partial charge in [-0.15, -0.1) is 23.7 Å². The van der Waals surface area contributed by atoms with Crippen LogP contribution in [0.25, 0.3) is 0 Å². The standard InChI is InChI=1S/C17H18F4N2OS.ClH/c18-16(19)17(20,21)24-13-5-3-12(4-6-13)15(14-2-1-11-25-14)23-9-7-22-8-10-23;/h1-6,11,15-16,22H,7-10H2;1H/t15-;/m0./s1. The molecule has 0 amide bonds. The van der Waals surface area contributed by atoms with Crippen molar-refractivity contribution in [3.8, 4) is 5.75 Å². The number of nitrogens with one attached hydrogen (secondary N) is 1. The first-order chi connectivity index (χ1) is 12.0. The first kappa shape index (κ1) is 21.0. The van der Waals surface area contributed by atoms with Gasteiger partial charge in [-0.3, -0.25) is 4.90 Å². The fourth-order valence-electron chi connectivity index (χ4n) is 2.86. The van der Waals surface area contributed by atoms with Crippen LogP contribution in [0.2, 0.25) is 0 Å². The number of thiophene rings is 1. The van der Waals surface area contributed by atoms with Crippen LogP contribution < -0.4 is 10.1 Å². The number of hydrogen-bond acceptors (Lipinski definition) is 4. The van der Waals surface area contributed by atoms with Crippen molar-refractivity contribution < 1.29 is 22.3 Å². The molecule has 2 heterocycles. The van der Waals surface area contributed by atoms with Crippen molar-refractivity contribution in [3.63, 3.8) is 0 Å². The Kier molecular flexibility index (Phi) is 7.28. The molecule has 3 nitrogen and oxygen atoms in total. The van der Waals surface area contributed by atoms with E-state index in [1.54, 1.807) is 23.5 Å². The van der Waals surface area contributed by atoms with Crippen LogP contribution in [0, 0.1) is 0 Å². The van der Waals surface area contributed by atoms with Crippen LogP contribution in [0.4, 0.5) is 17.6 Å². The van der Waals surface area contributed by atoms with Gasteiger partial charge in [-0.25, -0.2) is 0 Å². The first-order valence-electron chi connectivity index (χ1n) is 7.90. The van der Waals surface area contributed by atoms with E-state index >= 15 is 0 Å². The van der Waals surface area contributed by atoms with Crippen molar-refractivity contribution in [2.75, 3.05) is 26.2 Å². The van der Waals surface area contributed by atoms with E-state index in [4.69, 9.17) is 0 Å². The summed E-state index contributed by atoms with van der Waals surface area (Å²) in [6, 6.07) is 9.95. The average molecular weight is 411 g/mol. The Balaban J connectivity index is 0.00000243. The number of rotatable bonds is 6. The predicted molar refractivity (Wildman–Crippen MR) is 95.9 cm³/mol. The summed E-state index contributed by atoms with van der Waals surface area (Å²) in [4.78, 5) is 3.46. The summed E-state index contributed by atoms with van der Waals surface area (Å²) in [7, 11) is 0. The molecular weight excluding hydrogens is 392 g/mol. The maximum Gasteiger partial charge on any atom is 0.461 e. The summed E-state index contributed by atoms with van der Waals surface area (Å²) >= 11 is 1.63. The average Bonchev–Trinajstić information content (AvgIpc) is 3.11. The summed E-state index contributed by atoms with van der Waals surface area (Å²) in [5.41, 5.74) is 0.914. The van der Waals surface area contributed by atoms with Gasteiger partial charge in [0.05, 0.1) is 6.04 Å². The second-order valence-electron chi connectivity index (χ2n) is 5.74. The smallest absolute Gasteiger partial charge is 0.428 e. The molecule has 0 aliphatic carbocycles. The van der Waals surface area contributed by atoms with E-state index in [1.807, 2.05) is 17.5 Å². The second-order valence-corrected chi connectivity index (χ2v) is 6.72. The third-order valence-corrected chi connectivity index (χ3v) is 4.96. The normalized spacial score (nSPS) is 17.0. The van der Waals surface area contributed by atoms with Crippen LogP contribution in [0.1, 0.15) is 16.5 Å². The Bertz CT molecular complexity index is 664. The van der Waals surface area contributed by atoms with Crippen LogP contribution in [-0.2, 0) is 0 Å². The number of halogens is 5. The number of ether oxygens (including phenoxy) is 1. The van der Waals surface area contributed by atoms with Crippen molar-refractivity contribution in [3.05, 3.63) is 52.2 Å². The van der Waals surface area contributed by atoms with Gasteiger partial charge in [0, 0.05) is 31.1 Å². The molecule has 0 saturated carbocycles. The van der Waals surface area contributed by atoms with E-state index in [0.29, 0.717) is 0 Å². The number of nitrogens with zero attached hydrogens (tertiary/aromatic N) is 1. The molecule has 144 valence electrons. The van der Waals surface area contributed by atoms with Gasteiger partial charge < -0.3 is 10.1 Å². The second kappa shape index (κ2) is 9.03. The third-order valence-electron chi connectivity index (χ3n) is 4.03. The van der Waals surface area contributed by atoms with Gasteiger partial charge in [0.15, 0.2) is 0 Å². The Morgan fingerprint density at radius 3 is 2.27 bits per heavy atom. The van der Waals surface area contributed by atoms with E-state index in [2.05, 4.69) is 15.0 Å². The minimum absolute atomic E-state index is 0. The monoisotopic (exact) mass is 410 g/mol. The molecule has 1 aliphatic rings. The molecule has 3 rings (SSSR count). The van der Waals surface area contributed by atoms with E-state index in [-0.39, 0.29) is 24.2 Å². The Morgan fingerprint density at radius 2 is 1.73 bits per heavy atom. The number of hydrogen-bond donors (Lipinski definition) is 1. The maximum absolute atomic E-state index is 13.0. The summed E-state index contributed by atoms with van der Waals surface area (Å²) in [6.07, 6.45) is -8.36. The molecule has 1 aliphatic heterocycles. The lowest BCUT2D eigenvalue weighted by atomic mass is 10.0. The molecule has 2 aromatic rings. The summed E-state index contributed by atoms with van der Waals surface area (Å²) in [6.45, 7) is 3.49. The molecule has 0 radical (unpaired) electrons. The number of alkyl halides is 4. The zero-order valence-electron chi connectivity index (χ0n) is 13.7. The van der Waals surface area contributed by atoms with Crippen molar-refractivity contribution in [1.29, 1.82) is 0 Å². The lowest BCUT2D eigenvalue weighted by molar-refractivity contribution is -0.253. The number of piperazine rings is 1. The summed E-state index contributed by atoms with van der Waals surface area (Å²) < 4.78 is 54.7. The molecule has 1 N–H and O–H groups in total. The summed E-state index contributed by atoms with van der Waals surface area (Å²) in [5.74, 6) is -0.278. The fourth-order valence-corrected chi connectivity index (χ4v) is 3.75. The van der Waals surface area contributed by atoms with Gasteiger partial charge in [-0.2, -0.15) is 17.6 Å². The van der Waals surface area contributed by atoms with Gasteiger partial charge >= 0.3 is 12.5 Å². The zero-order valence-corrected chi connectivity index (χ0v) is 15.3. The lowest BCUT2D eigenvalue weighted by Gasteiger charge is -2.34. The van der Waals surface area contributed by atoms with E-state index in [0.717, 1.165) is 36.6 Å². The molecule has 1 aromatic heterocycles. The maximum atomic E-state index is 13.0. The molecule has 0 spiro atoms. The van der Waals surface area contributed by atoms with E-state index in [1.165, 1.54) is 12.1 Å². The molecule has 0 bridgehead atoms. The van der Waals surface area contributed by atoms with Crippen molar-refractivity contribution in [2.45, 2.75) is 18.6 Å². The van der Waals surface area contributed by atoms with E-state index < -0.39 is 12.5 Å². The summed E-state index contributed by atoms with van der Waals surface area (Å²) in [5, 5.41) is 5.29. The van der Waals surface area contributed by atoms with Gasteiger partial charge in [0.1, 0.15) is 5.75 Å². The quantitative estimate of drug-likeness (QED) is 0.714. The van der Waals surface area contributed by atoms with Gasteiger partial charge in [0.25, 0.3) is 0 Å². The topological polar surface area (TPSA) is 24.5 Å². The highest BCUT2D eigenvalue weighted by Gasteiger charge is 2.44. The largest absolute Gasteiger partial charge is 0.461 e. The van der Waals surface area contributed by atoms with Gasteiger partial charge in [-0.1, -0.05) is 18.2 Å². The van der Waals surface area contributed by atoms with Gasteiger partial charge in [-0.05, 0) is 29.1 Å². The highest BCUT2D eigenvalue weighted by atomic mass is 35.5. The van der Waals surface area contributed by atoms with Crippen LogP contribution in [0.15, 0.2) is 41.8 Å². The van der Waals surface area contributed by atoms with Crippen LogP contribution >= 0.6 is 23.7 Å². The van der Waals surface area contributed by atoms with Crippen LogP contribution in [0.3, 0.4) is 0 Å². The molecule has 1 aromatic carbocycles. The number of benzene rings is 1. The fraction of sp³-hybridized carbons (Fsp3) is 0.412. The highest BCUT2D eigenvalue weighted by Crippen LogP contribution is 2.34. The van der Waals surface area contributed by atoms with Crippen molar-refractivity contribution in [1.82, 2.24) is 10.2 Å². The molecule has 9 heteroatoms. The molecule has 1 atom stereocenters. The first-order valence-corrected chi connectivity index (χ1v) is 8.78. The molecule has 26 heavy (non-hydrogen) atoms. The molecule has 0 unspecified atom stereocenters. The third kappa shape index (κ3) is 4.88. The Hall–Kier alpha value is -1.35. The van der Waals surface area contributed by atoms with Crippen LogP contribution in [-0.4, -0.2) is 43.6 Å². The highest BCUT2D eigenvalue weighted by molar-refractivity contribution is 7.10. The molecule has 1 saturated heterocycles. The zero-order chi connectivity index (χ0) is 17.9. The lowest BCUT2D eigenvalue weighted by Crippen LogP contribution is -2.45. The van der Waals surface area contributed by atoms with Crippen molar-refractivity contribution in [2.24, 2.45) is 0 Å². The molecule has 1 fully saturated rings. The molecular formula is C17H19ClF4N2OS. The minimum Gasteiger partial charge on any atom is -0.428 e. The Morgan fingerprint density at radius 1 is 1.08 bits per heavy atom. The van der Waals surface area contributed by atoms with Crippen molar-refractivity contribution >= 4 is 23.7 Å². The van der Waals surface area contributed by atoms with Gasteiger partial charge in [0.2, 0.25) is 0 Å². The van der Waals surface area contributed by atoms with E-state index in [9.17, 15) is 17.6 Å². The minimum atomic E-state index is -4.49.